The molecule has 0 amide bonds. The van der Waals surface area contributed by atoms with Gasteiger partial charge in [-0.2, -0.15) is 0 Å². The topological polar surface area (TPSA) is 54.4 Å². The minimum atomic E-state index is -0.905. The highest BCUT2D eigenvalue weighted by Crippen LogP contribution is 2.31. The molecule has 3 nitrogen and oxygen atoms in total. The van der Waals surface area contributed by atoms with Crippen LogP contribution < -0.4 is 0 Å². The molecule has 0 fully saturated rings. The Labute approximate surface area is 76.7 Å². The first-order chi connectivity index (χ1) is 5.27. The van der Waals surface area contributed by atoms with Gasteiger partial charge in [0.15, 0.2) is 0 Å². The second-order valence-corrected chi connectivity index (χ2v) is 4.00. The van der Waals surface area contributed by atoms with Crippen LogP contribution in [0.3, 0.4) is 0 Å². The van der Waals surface area contributed by atoms with Gasteiger partial charge in [-0.15, -0.1) is 0 Å². The van der Waals surface area contributed by atoms with Crippen molar-refractivity contribution in [1.82, 2.24) is 0 Å². The molecule has 0 radical (unpaired) electrons. The van der Waals surface area contributed by atoms with Crippen LogP contribution in [0.15, 0.2) is 0 Å². The van der Waals surface area contributed by atoms with E-state index in [0.29, 0.717) is 0 Å². The maximum Gasteiger partial charge on any atom is 0.306 e. The van der Waals surface area contributed by atoms with Crippen LogP contribution in [-0.4, -0.2) is 16.3 Å². The van der Waals surface area contributed by atoms with Crippen molar-refractivity contribution < 1.29 is 14.7 Å². The molecule has 1 N–H and O–H groups in total. The standard InChI is InChI=1S/C8H13ClO3/c1-5(7(11)12)8(2,3)4-6(9)10/h5H,4H2,1-3H3,(H,11,12). The number of hydrogen-bond donors (Lipinski definition) is 1. The van der Waals surface area contributed by atoms with E-state index in [1.165, 1.54) is 0 Å². The van der Waals surface area contributed by atoms with Gasteiger partial charge in [0.25, 0.3) is 0 Å². The van der Waals surface area contributed by atoms with Crippen molar-refractivity contribution in [3.05, 3.63) is 0 Å². The smallest absolute Gasteiger partial charge is 0.306 e. The van der Waals surface area contributed by atoms with Crippen LogP contribution in [0.5, 0.6) is 0 Å². The SMILES string of the molecule is CC(C(=O)O)C(C)(C)CC(=O)Cl. The summed E-state index contributed by atoms with van der Waals surface area (Å²) >= 11 is 5.18. The lowest BCUT2D eigenvalue weighted by Gasteiger charge is -2.26. The zero-order valence-electron chi connectivity index (χ0n) is 7.43. The molecule has 1 atom stereocenters. The van der Waals surface area contributed by atoms with Crippen LogP contribution in [0, 0.1) is 11.3 Å². The molecule has 70 valence electrons. The first-order valence-electron chi connectivity index (χ1n) is 3.68. The predicted octanol–water partition coefficient (Wildman–Crippen LogP) is 1.89. The van der Waals surface area contributed by atoms with Crippen LogP contribution in [0.1, 0.15) is 27.2 Å². The van der Waals surface area contributed by atoms with E-state index in [1.807, 2.05) is 0 Å². The average Bonchev–Trinajstić information content (AvgIpc) is 1.82. The molecule has 12 heavy (non-hydrogen) atoms. The maximum atomic E-state index is 10.6. The van der Waals surface area contributed by atoms with E-state index in [4.69, 9.17) is 16.7 Å². The largest absolute Gasteiger partial charge is 0.481 e. The van der Waals surface area contributed by atoms with E-state index in [9.17, 15) is 9.59 Å². The lowest BCUT2D eigenvalue weighted by atomic mass is 9.78. The molecule has 0 saturated carbocycles. The Kier molecular flexibility index (Phi) is 3.71. The summed E-state index contributed by atoms with van der Waals surface area (Å²) in [6, 6.07) is 0. The molecule has 4 heteroatoms. The fourth-order valence-electron chi connectivity index (χ4n) is 0.846. The highest BCUT2D eigenvalue weighted by Gasteiger charge is 2.32. The second kappa shape index (κ2) is 3.90. The second-order valence-electron chi connectivity index (χ2n) is 3.58. The molecular formula is C8H13ClO3. The molecule has 0 aromatic heterocycles. The highest BCUT2D eigenvalue weighted by atomic mass is 35.5. The van der Waals surface area contributed by atoms with Gasteiger partial charge in [-0.1, -0.05) is 20.8 Å². The van der Waals surface area contributed by atoms with Gasteiger partial charge in [-0.3, -0.25) is 9.59 Å². The van der Waals surface area contributed by atoms with Crippen LogP contribution in [0.25, 0.3) is 0 Å². The molecule has 0 aliphatic heterocycles. The van der Waals surface area contributed by atoms with Gasteiger partial charge in [-0.05, 0) is 17.0 Å². The first-order valence-corrected chi connectivity index (χ1v) is 4.06. The minimum absolute atomic E-state index is 0.0853. The lowest BCUT2D eigenvalue weighted by Crippen LogP contribution is -2.29. The Bertz CT molecular complexity index is 198. The molecule has 0 aliphatic rings. The Morgan fingerprint density at radius 1 is 1.50 bits per heavy atom. The quantitative estimate of drug-likeness (QED) is 0.693. The van der Waals surface area contributed by atoms with Gasteiger partial charge in [0.2, 0.25) is 5.24 Å². The predicted molar refractivity (Wildman–Crippen MR) is 46.1 cm³/mol. The highest BCUT2D eigenvalue weighted by molar-refractivity contribution is 6.63. The first kappa shape index (κ1) is 11.4. The zero-order chi connectivity index (χ0) is 9.94. The zero-order valence-corrected chi connectivity index (χ0v) is 8.18. The molecule has 0 aromatic carbocycles. The van der Waals surface area contributed by atoms with Crippen molar-refractivity contribution in [1.29, 1.82) is 0 Å². The van der Waals surface area contributed by atoms with E-state index >= 15 is 0 Å². The molecular weight excluding hydrogens is 180 g/mol. The maximum absolute atomic E-state index is 10.6. The number of hydrogen-bond acceptors (Lipinski definition) is 2. The van der Waals surface area contributed by atoms with Gasteiger partial charge in [0, 0.05) is 6.42 Å². The summed E-state index contributed by atoms with van der Waals surface area (Å²) in [5.41, 5.74) is -0.579. The molecule has 0 bridgehead atoms. The summed E-state index contributed by atoms with van der Waals surface area (Å²) in [6.07, 6.45) is 0.0853. The molecule has 0 heterocycles. The summed E-state index contributed by atoms with van der Waals surface area (Å²) < 4.78 is 0. The number of carboxylic acids is 1. The fraction of sp³-hybridized carbons (Fsp3) is 0.750. The van der Waals surface area contributed by atoms with Gasteiger partial charge < -0.3 is 5.11 Å². The Morgan fingerprint density at radius 2 is 1.92 bits per heavy atom. The van der Waals surface area contributed by atoms with Crippen LogP contribution >= 0.6 is 11.6 Å². The average molecular weight is 193 g/mol. The minimum Gasteiger partial charge on any atom is -0.481 e. The summed E-state index contributed by atoms with van der Waals surface area (Å²) in [7, 11) is 0. The third-order valence-electron chi connectivity index (χ3n) is 2.14. The Balaban J connectivity index is 4.38. The van der Waals surface area contributed by atoms with Crippen molar-refractivity contribution in [2.75, 3.05) is 0 Å². The summed E-state index contributed by atoms with van der Waals surface area (Å²) in [5, 5.41) is 8.18. The molecule has 0 rings (SSSR count). The number of carbonyl (C=O) groups excluding carboxylic acids is 1. The van der Waals surface area contributed by atoms with Gasteiger partial charge in [0.05, 0.1) is 5.92 Å². The van der Waals surface area contributed by atoms with Crippen LogP contribution in [0.4, 0.5) is 0 Å². The van der Waals surface area contributed by atoms with E-state index in [-0.39, 0.29) is 6.42 Å². The lowest BCUT2D eigenvalue weighted by molar-refractivity contribution is -0.145. The summed E-state index contributed by atoms with van der Waals surface area (Å²) in [4.78, 5) is 21.1. The van der Waals surface area contributed by atoms with Crippen molar-refractivity contribution >= 4 is 22.8 Å². The van der Waals surface area contributed by atoms with Crippen molar-refractivity contribution in [2.24, 2.45) is 11.3 Å². The third kappa shape index (κ3) is 3.22. The number of halogens is 1. The Hall–Kier alpha value is -0.570. The van der Waals surface area contributed by atoms with E-state index in [1.54, 1.807) is 20.8 Å². The van der Waals surface area contributed by atoms with Crippen LogP contribution in [0.2, 0.25) is 0 Å². The monoisotopic (exact) mass is 192 g/mol. The van der Waals surface area contributed by atoms with E-state index in [0.717, 1.165) is 0 Å². The van der Waals surface area contributed by atoms with Crippen molar-refractivity contribution in [2.45, 2.75) is 27.2 Å². The summed E-state index contributed by atoms with van der Waals surface area (Å²) in [6.45, 7) is 5.00. The van der Waals surface area contributed by atoms with E-state index in [2.05, 4.69) is 0 Å². The molecule has 0 aliphatic carbocycles. The molecule has 0 aromatic rings. The van der Waals surface area contributed by atoms with Crippen LogP contribution in [-0.2, 0) is 9.59 Å². The normalized spacial score (nSPS) is 14.0. The van der Waals surface area contributed by atoms with Gasteiger partial charge in [-0.25, -0.2) is 0 Å². The molecule has 0 saturated heterocycles. The third-order valence-corrected chi connectivity index (χ3v) is 2.27. The number of carboxylic acid groups (broad SMARTS) is 1. The van der Waals surface area contributed by atoms with Crippen molar-refractivity contribution in [3.63, 3.8) is 0 Å². The molecule has 1 unspecified atom stereocenters. The Morgan fingerprint density at radius 3 is 2.17 bits per heavy atom. The van der Waals surface area contributed by atoms with Gasteiger partial charge >= 0.3 is 5.97 Å². The summed E-state index contributed by atoms with van der Waals surface area (Å²) in [5.74, 6) is -1.47. The van der Waals surface area contributed by atoms with Crippen molar-refractivity contribution in [3.8, 4) is 0 Å². The number of carbonyl (C=O) groups is 2. The van der Waals surface area contributed by atoms with Gasteiger partial charge in [0.1, 0.15) is 0 Å². The van der Waals surface area contributed by atoms with E-state index < -0.39 is 22.5 Å². The number of rotatable bonds is 4. The fourth-order valence-corrected chi connectivity index (χ4v) is 1.19. The number of aliphatic carboxylic acids is 1. The molecule has 0 spiro atoms.